The summed E-state index contributed by atoms with van der Waals surface area (Å²) >= 11 is 0. The van der Waals surface area contributed by atoms with Crippen molar-refractivity contribution in [2.24, 2.45) is 5.73 Å². The lowest BCUT2D eigenvalue weighted by molar-refractivity contribution is 0.580. The molecule has 1 heterocycles. The van der Waals surface area contributed by atoms with Crippen LogP contribution in [0.15, 0.2) is 41.7 Å². The van der Waals surface area contributed by atoms with E-state index in [1.165, 1.54) is 6.33 Å². The van der Waals surface area contributed by atoms with Gasteiger partial charge in [-0.1, -0.05) is 6.07 Å². The van der Waals surface area contributed by atoms with E-state index < -0.39 is 10.0 Å². The molecule has 0 aliphatic carbocycles. The average molecular weight is 292 g/mol. The SMILES string of the molecule is Cc1cc(S(=O)(=O)NCc2ccncn2)ccc1CN. The Bertz CT molecular complexity index is 687. The normalized spacial score (nSPS) is 11.5. The van der Waals surface area contributed by atoms with E-state index in [-0.39, 0.29) is 11.4 Å². The highest BCUT2D eigenvalue weighted by Gasteiger charge is 2.14. The Kier molecular flexibility index (Phi) is 4.43. The van der Waals surface area contributed by atoms with Crippen LogP contribution >= 0.6 is 0 Å². The van der Waals surface area contributed by atoms with Crippen LogP contribution in [0.4, 0.5) is 0 Å². The predicted molar refractivity (Wildman–Crippen MR) is 75.1 cm³/mol. The summed E-state index contributed by atoms with van der Waals surface area (Å²) in [6.07, 6.45) is 2.95. The molecule has 7 heteroatoms. The molecule has 0 saturated heterocycles. The summed E-state index contributed by atoms with van der Waals surface area (Å²) in [5, 5.41) is 0. The van der Waals surface area contributed by atoms with E-state index in [9.17, 15) is 8.42 Å². The Morgan fingerprint density at radius 3 is 2.70 bits per heavy atom. The number of sulfonamides is 1. The number of aromatic nitrogens is 2. The van der Waals surface area contributed by atoms with Crippen LogP contribution in [0.25, 0.3) is 0 Å². The molecule has 0 bridgehead atoms. The fourth-order valence-corrected chi connectivity index (χ4v) is 2.82. The van der Waals surface area contributed by atoms with Crippen LogP contribution in [0.3, 0.4) is 0 Å². The Hall–Kier alpha value is -1.83. The van der Waals surface area contributed by atoms with E-state index >= 15 is 0 Å². The van der Waals surface area contributed by atoms with Crippen LogP contribution in [-0.4, -0.2) is 18.4 Å². The third-order valence-electron chi connectivity index (χ3n) is 2.93. The second-order valence-electron chi connectivity index (χ2n) is 4.32. The first-order chi connectivity index (χ1) is 9.53. The molecule has 2 aromatic rings. The molecule has 0 atom stereocenters. The first-order valence-electron chi connectivity index (χ1n) is 6.07. The van der Waals surface area contributed by atoms with E-state index in [1.807, 2.05) is 6.92 Å². The third kappa shape index (κ3) is 3.38. The minimum atomic E-state index is -3.56. The van der Waals surface area contributed by atoms with E-state index in [1.54, 1.807) is 30.5 Å². The molecular weight excluding hydrogens is 276 g/mol. The molecule has 6 nitrogen and oxygen atoms in total. The van der Waals surface area contributed by atoms with Gasteiger partial charge < -0.3 is 5.73 Å². The van der Waals surface area contributed by atoms with Crippen molar-refractivity contribution in [1.29, 1.82) is 0 Å². The maximum absolute atomic E-state index is 12.2. The van der Waals surface area contributed by atoms with Crippen LogP contribution in [0.2, 0.25) is 0 Å². The lowest BCUT2D eigenvalue weighted by Gasteiger charge is -2.09. The van der Waals surface area contributed by atoms with Gasteiger partial charge in [0.2, 0.25) is 10.0 Å². The van der Waals surface area contributed by atoms with Crippen molar-refractivity contribution in [2.75, 3.05) is 0 Å². The maximum Gasteiger partial charge on any atom is 0.240 e. The minimum Gasteiger partial charge on any atom is -0.326 e. The van der Waals surface area contributed by atoms with Gasteiger partial charge in [-0.25, -0.2) is 23.1 Å². The Morgan fingerprint density at radius 2 is 2.10 bits per heavy atom. The van der Waals surface area contributed by atoms with Gasteiger partial charge in [-0.15, -0.1) is 0 Å². The molecule has 106 valence electrons. The molecule has 0 amide bonds. The molecule has 0 aliphatic rings. The quantitative estimate of drug-likeness (QED) is 0.846. The zero-order valence-electron chi connectivity index (χ0n) is 11.1. The first kappa shape index (κ1) is 14.6. The van der Waals surface area contributed by atoms with Crippen LogP contribution < -0.4 is 10.5 Å². The summed E-state index contributed by atoms with van der Waals surface area (Å²) < 4.78 is 26.9. The molecule has 0 spiro atoms. The number of nitrogens with two attached hydrogens (primary N) is 1. The Balaban J connectivity index is 2.16. The van der Waals surface area contributed by atoms with E-state index in [4.69, 9.17) is 5.73 Å². The number of hydrogen-bond acceptors (Lipinski definition) is 5. The highest BCUT2D eigenvalue weighted by Crippen LogP contribution is 2.15. The first-order valence-corrected chi connectivity index (χ1v) is 7.55. The van der Waals surface area contributed by atoms with E-state index in [0.29, 0.717) is 12.2 Å². The lowest BCUT2D eigenvalue weighted by Crippen LogP contribution is -2.24. The van der Waals surface area contributed by atoms with Gasteiger partial charge in [0, 0.05) is 12.7 Å². The van der Waals surface area contributed by atoms with Gasteiger partial charge in [-0.2, -0.15) is 0 Å². The Morgan fingerprint density at radius 1 is 1.30 bits per heavy atom. The van der Waals surface area contributed by atoms with E-state index in [2.05, 4.69) is 14.7 Å². The van der Waals surface area contributed by atoms with Crippen LogP contribution in [0, 0.1) is 6.92 Å². The van der Waals surface area contributed by atoms with Gasteiger partial charge in [0.15, 0.2) is 0 Å². The molecule has 2 rings (SSSR count). The van der Waals surface area contributed by atoms with Crippen molar-refractivity contribution in [3.63, 3.8) is 0 Å². The van der Waals surface area contributed by atoms with Crippen molar-refractivity contribution in [1.82, 2.24) is 14.7 Å². The average Bonchev–Trinajstić information content (AvgIpc) is 2.46. The standard InChI is InChI=1S/C13H16N4O2S/c1-10-6-13(3-2-11(10)7-14)20(18,19)17-8-12-4-5-15-9-16-12/h2-6,9,17H,7-8,14H2,1H3. The topological polar surface area (TPSA) is 98.0 Å². The molecule has 20 heavy (non-hydrogen) atoms. The van der Waals surface area contributed by atoms with E-state index in [0.717, 1.165) is 11.1 Å². The van der Waals surface area contributed by atoms with Crippen molar-refractivity contribution in [2.45, 2.75) is 24.9 Å². The molecular formula is C13H16N4O2S. The number of hydrogen-bond donors (Lipinski definition) is 2. The molecule has 0 aliphatic heterocycles. The molecule has 0 saturated carbocycles. The van der Waals surface area contributed by atoms with Gasteiger partial charge >= 0.3 is 0 Å². The van der Waals surface area contributed by atoms with Gasteiger partial charge in [-0.05, 0) is 36.2 Å². The van der Waals surface area contributed by atoms with Crippen LogP contribution in [0.1, 0.15) is 16.8 Å². The predicted octanol–water partition coefficient (Wildman–Crippen LogP) is 0.722. The summed E-state index contributed by atoms with van der Waals surface area (Å²) in [6, 6.07) is 6.56. The number of nitrogens with one attached hydrogen (secondary N) is 1. The van der Waals surface area contributed by atoms with Crippen molar-refractivity contribution < 1.29 is 8.42 Å². The van der Waals surface area contributed by atoms with Gasteiger partial charge in [-0.3, -0.25) is 0 Å². The van der Waals surface area contributed by atoms with Gasteiger partial charge in [0.1, 0.15) is 6.33 Å². The number of rotatable bonds is 5. The summed E-state index contributed by atoms with van der Waals surface area (Å²) in [7, 11) is -3.56. The molecule has 1 aromatic heterocycles. The lowest BCUT2D eigenvalue weighted by atomic mass is 10.1. The second kappa shape index (κ2) is 6.08. The minimum absolute atomic E-state index is 0.128. The van der Waals surface area contributed by atoms with Gasteiger partial charge in [0.05, 0.1) is 17.1 Å². The molecule has 1 aromatic carbocycles. The van der Waals surface area contributed by atoms with Crippen LogP contribution in [-0.2, 0) is 23.1 Å². The van der Waals surface area contributed by atoms with Crippen molar-refractivity contribution >= 4 is 10.0 Å². The van der Waals surface area contributed by atoms with Crippen LogP contribution in [0.5, 0.6) is 0 Å². The number of aryl methyl sites for hydroxylation is 1. The highest BCUT2D eigenvalue weighted by molar-refractivity contribution is 7.89. The van der Waals surface area contributed by atoms with Gasteiger partial charge in [0.25, 0.3) is 0 Å². The summed E-state index contributed by atoms with van der Waals surface area (Å²) in [6.45, 7) is 2.36. The second-order valence-corrected chi connectivity index (χ2v) is 6.08. The van der Waals surface area contributed by atoms with Crippen molar-refractivity contribution in [3.05, 3.63) is 53.6 Å². The smallest absolute Gasteiger partial charge is 0.240 e. The maximum atomic E-state index is 12.2. The highest BCUT2D eigenvalue weighted by atomic mass is 32.2. The largest absolute Gasteiger partial charge is 0.326 e. The summed E-state index contributed by atoms with van der Waals surface area (Å²) in [5.41, 5.74) is 7.96. The Labute approximate surface area is 118 Å². The third-order valence-corrected chi connectivity index (χ3v) is 4.33. The molecule has 0 unspecified atom stereocenters. The zero-order chi connectivity index (χ0) is 14.6. The molecule has 0 fully saturated rings. The number of benzene rings is 1. The molecule has 0 radical (unpaired) electrons. The zero-order valence-corrected chi connectivity index (χ0v) is 11.9. The fourth-order valence-electron chi connectivity index (χ4n) is 1.74. The fraction of sp³-hybridized carbons (Fsp3) is 0.231. The summed E-state index contributed by atoms with van der Waals surface area (Å²) in [5.74, 6) is 0. The summed E-state index contributed by atoms with van der Waals surface area (Å²) in [4.78, 5) is 7.97. The monoisotopic (exact) mass is 292 g/mol. The number of nitrogens with zero attached hydrogens (tertiary/aromatic N) is 2. The molecule has 3 N–H and O–H groups in total. The van der Waals surface area contributed by atoms with Crippen molar-refractivity contribution in [3.8, 4) is 0 Å².